The second kappa shape index (κ2) is 64.9. The Balaban J connectivity index is 0.000000727. The van der Waals surface area contributed by atoms with Gasteiger partial charge in [-0.05, 0) is 202 Å². The standard InChI is InChI=1S/C10H14N2O.C10H14O.C9H11Cl.C9H15N3.C9H10N2.C9H13NO.C9H13N.2C8H14N2.C7H10N2.2C7H12N2.C6H9ClN2/c1-7(2)9-4-5-10(11-6-9)12-8(3)13;1-8(2)9-4-6-10(11-3)7-5-9;1-7(2)8-4-3-5-9(10)6-8;1-7(2)8-5-10-9(11-6-8)12(3)4;1-7(2)8-3-4-9(5-10)11-6-8;1-7(2)8-5-4-6-10-9(8)11-3;1-7(2)9-4-5-10-8(3)6-9;1-8(2,3)7-5-9-10(4)6-7;1-4-10-5-8(7(2)3)9-6-10;1-6(2)7-3-8-5-9-4-7;1-6(2)7-4-5-9(3)8-7;1-6(2)7-4-5-8-9(7)3;1-4(2)5-3-8-9-6(5)7/h4-7H,1-3H3,(H,11,12,13);4-8H,1-3H3;3-7H,1-2H3;5-7H,1-4H3;3-4,6-7H,1-2H3;4-7H,1-3H3;4-7H,1-3H3;5-6H,1-4H3;5-7H,4H2,1-3H3;3-6H,1-2H3;2*4-6H,1-3H3;3-4H,1-2H3,(H,8,9). The van der Waals surface area contributed by atoms with Crippen LogP contribution in [0.25, 0.3) is 0 Å². The van der Waals surface area contributed by atoms with Crippen LogP contribution in [0.15, 0.2) is 209 Å². The number of rotatable bonds is 17. The number of hydrogen-bond acceptors (Lipinski definition) is 18. The summed E-state index contributed by atoms with van der Waals surface area (Å²) in [6.45, 7) is 64.5. The summed E-state index contributed by atoms with van der Waals surface area (Å²) in [6, 6.07) is 37.9. The molecule has 24 nitrogen and oxygen atoms in total. The Morgan fingerprint density at radius 1 is 0.500 bits per heavy atom. The topological polar surface area (TPSA) is 278 Å². The maximum Gasteiger partial charge on any atom is 0.224 e. The number of hydrogen-bond donors (Lipinski definition) is 2. The normalized spacial score (nSPS) is 10.5. The first-order valence-electron chi connectivity index (χ1n) is 46.3. The van der Waals surface area contributed by atoms with Crippen LogP contribution in [-0.4, -0.2) is 123 Å². The van der Waals surface area contributed by atoms with Crippen LogP contribution in [0.5, 0.6) is 11.6 Å². The Kier molecular flexibility index (Phi) is 58.3. The smallest absolute Gasteiger partial charge is 0.224 e. The van der Waals surface area contributed by atoms with Gasteiger partial charge < -0.3 is 24.3 Å². The van der Waals surface area contributed by atoms with E-state index in [0.717, 1.165) is 51.7 Å². The molecular formula is C108H161Cl2N21O3. The Labute approximate surface area is 815 Å². The minimum Gasteiger partial charge on any atom is -0.497 e. The van der Waals surface area contributed by atoms with Crippen molar-refractivity contribution in [1.82, 2.24) is 89.0 Å². The van der Waals surface area contributed by atoms with E-state index in [2.05, 4.69) is 317 Å². The number of nitrogens with one attached hydrogen (secondary N) is 2. The Hall–Kier alpha value is -11.8. The molecule has 0 fully saturated rings. The minimum absolute atomic E-state index is 0.0928. The van der Waals surface area contributed by atoms with E-state index < -0.39 is 0 Å². The van der Waals surface area contributed by atoms with Gasteiger partial charge in [0.1, 0.15) is 34.8 Å². The number of amides is 1. The molecule has 0 spiro atoms. The molecule has 0 saturated heterocycles. The van der Waals surface area contributed by atoms with Crippen molar-refractivity contribution in [1.29, 1.82) is 5.26 Å². The number of nitrogens with zero attached hydrogens (tertiary/aromatic N) is 19. The van der Waals surface area contributed by atoms with E-state index in [1.165, 1.54) is 62.8 Å². The molecule has 0 unspecified atom stereocenters. The number of ether oxygens (including phenoxy) is 2. The zero-order valence-corrected chi connectivity index (χ0v) is 89.3. The van der Waals surface area contributed by atoms with Gasteiger partial charge in [-0.3, -0.25) is 28.9 Å². The molecular weight excluding hydrogens is 1710 g/mol. The lowest BCUT2D eigenvalue weighted by Gasteiger charge is -2.14. The van der Waals surface area contributed by atoms with Crippen LogP contribution in [-0.2, 0) is 37.9 Å². The summed E-state index contributed by atoms with van der Waals surface area (Å²) < 4.78 is 17.8. The second-order valence-corrected chi connectivity index (χ2v) is 37.7. The van der Waals surface area contributed by atoms with Gasteiger partial charge >= 0.3 is 0 Å². The highest BCUT2D eigenvalue weighted by atomic mass is 35.5. The molecule has 0 atom stereocenters. The molecule has 13 rings (SSSR count). The predicted octanol–water partition coefficient (Wildman–Crippen LogP) is 27.5. The number of aromatic amines is 1. The van der Waals surface area contributed by atoms with Gasteiger partial charge in [0.05, 0.1) is 44.3 Å². The van der Waals surface area contributed by atoms with Crippen LogP contribution >= 0.6 is 23.2 Å². The summed E-state index contributed by atoms with van der Waals surface area (Å²) in [6.07, 6.45) is 29.7. The van der Waals surface area contributed by atoms with Gasteiger partial charge in [-0.2, -0.15) is 25.7 Å². The maximum atomic E-state index is 10.7. The lowest BCUT2D eigenvalue weighted by Crippen LogP contribution is -2.12. The van der Waals surface area contributed by atoms with E-state index in [1.54, 1.807) is 51.4 Å². The van der Waals surface area contributed by atoms with Crippen molar-refractivity contribution in [3.05, 3.63) is 303 Å². The number of carbonyl (C=O) groups excluding carboxylic acids is 1. The van der Waals surface area contributed by atoms with Gasteiger partial charge in [-0.1, -0.05) is 253 Å². The van der Waals surface area contributed by atoms with Crippen LogP contribution in [0.2, 0.25) is 10.2 Å². The highest BCUT2D eigenvalue weighted by Crippen LogP contribution is 2.26. The molecule has 730 valence electrons. The molecule has 11 aromatic heterocycles. The molecule has 1 amide bonds. The Morgan fingerprint density at radius 3 is 1.36 bits per heavy atom. The molecule has 0 aliphatic heterocycles. The Morgan fingerprint density at radius 2 is 1.04 bits per heavy atom. The highest BCUT2D eigenvalue weighted by molar-refractivity contribution is 6.30. The monoisotopic (exact) mass is 1870 g/mol. The van der Waals surface area contributed by atoms with E-state index in [-0.39, 0.29) is 11.3 Å². The van der Waals surface area contributed by atoms with Gasteiger partial charge in [0.2, 0.25) is 17.7 Å². The van der Waals surface area contributed by atoms with Crippen LogP contribution in [0, 0.1) is 18.3 Å². The van der Waals surface area contributed by atoms with E-state index in [0.29, 0.717) is 87.7 Å². The van der Waals surface area contributed by atoms with Crippen LogP contribution in [0.3, 0.4) is 0 Å². The number of H-pyrrole nitrogens is 1. The van der Waals surface area contributed by atoms with Gasteiger partial charge in [0.25, 0.3) is 0 Å². The van der Waals surface area contributed by atoms with Crippen LogP contribution < -0.4 is 19.7 Å². The van der Waals surface area contributed by atoms with Crippen molar-refractivity contribution in [2.24, 2.45) is 21.1 Å². The zero-order chi connectivity index (χ0) is 101. The summed E-state index contributed by atoms with van der Waals surface area (Å²) in [5.41, 5.74) is 17.7. The minimum atomic E-state index is -0.0928. The lowest BCUT2D eigenvalue weighted by molar-refractivity contribution is -0.114. The van der Waals surface area contributed by atoms with Gasteiger partial charge in [-0.25, -0.2) is 39.9 Å². The van der Waals surface area contributed by atoms with Gasteiger partial charge in [-0.15, -0.1) is 0 Å². The van der Waals surface area contributed by atoms with E-state index >= 15 is 0 Å². The van der Waals surface area contributed by atoms with E-state index in [9.17, 15) is 4.79 Å². The number of anilines is 2. The van der Waals surface area contributed by atoms with E-state index in [1.807, 2.05) is 196 Å². The van der Waals surface area contributed by atoms with Crippen molar-refractivity contribution in [3.8, 4) is 17.7 Å². The molecule has 0 saturated carbocycles. The molecule has 0 radical (unpaired) electrons. The van der Waals surface area contributed by atoms with Gasteiger partial charge in [0, 0.05) is 151 Å². The number of methoxy groups -OCH3 is 2. The summed E-state index contributed by atoms with van der Waals surface area (Å²) in [5, 5.41) is 31.4. The number of nitriles is 1. The summed E-state index contributed by atoms with van der Waals surface area (Å²) in [7, 11) is 13.0. The highest BCUT2D eigenvalue weighted by Gasteiger charge is 2.15. The molecule has 0 bridgehead atoms. The van der Waals surface area contributed by atoms with Crippen molar-refractivity contribution in [3.63, 3.8) is 0 Å². The third-order valence-corrected chi connectivity index (χ3v) is 20.5. The largest absolute Gasteiger partial charge is 0.497 e. The fourth-order valence-electron chi connectivity index (χ4n) is 11.1. The first kappa shape index (κ1) is 120. The second-order valence-electron chi connectivity index (χ2n) is 36.9. The number of aromatic nitrogens is 18. The average molecular weight is 1870 g/mol. The molecule has 0 aliphatic rings. The van der Waals surface area contributed by atoms with Crippen molar-refractivity contribution in [2.45, 2.75) is 291 Å². The van der Waals surface area contributed by atoms with Crippen molar-refractivity contribution < 1.29 is 14.3 Å². The zero-order valence-electron chi connectivity index (χ0n) is 87.7. The summed E-state index contributed by atoms with van der Waals surface area (Å²) in [5.74, 6) is 9.31. The number of carbonyl (C=O) groups is 1. The molecule has 13 aromatic rings. The molecule has 2 aromatic carbocycles. The SMILES string of the molecule is CC(=O)Nc1ccc(C(C)C)cn1.CC(C)c1ccc(C#N)nc1.CC(C)c1cccc(Cl)c1.CC(C)c1ccn(C)n1.CC(C)c1ccnn1C.CC(C)c1cn[nH]c1Cl.CC(C)c1cnc(N(C)C)nc1.CC(C)c1cncnc1.CCn1cnc(C(C)C)c1.COc1ccc(C(C)C)cc1.COc1ncccc1C(C)C.Cc1cc(C(C)C)ccn1.Cn1cc(C(C)(C)C)cn1. The van der Waals surface area contributed by atoms with Crippen molar-refractivity contribution in [2.75, 3.05) is 38.5 Å². The first-order chi connectivity index (χ1) is 63.0. The van der Waals surface area contributed by atoms with Crippen LogP contribution in [0.4, 0.5) is 11.8 Å². The number of benzene rings is 2. The van der Waals surface area contributed by atoms with Crippen LogP contribution in [0.1, 0.15) is 356 Å². The average Bonchev–Trinajstić information content (AvgIpc) is 1.74. The predicted molar refractivity (Wildman–Crippen MR) is 559 cm³/mol. The van der Waals surface area contributed by atoms with Crippen molar-refractivity contribution >= 4 is 40.9 Å². The molecule has 2 N–H and O–H groups in total. The summed E-state index contributed by atoms with van der Waals surface area (Å²) in [4.78, 5) is 49.3. The molecule has 0 aliphatic carbocycles. The number of imidazole rings is 1. The lowest BCUT2D eigenvalue weighted by atomic mass is 9.90. The fraction of sp³-hybridized carbons (Fsp3) is 0.472. The first-order valence-corrected chi connectivity index (χ1v) is 47.1. The number of pyridine rings is 4. The molecule has 11 heterocycles. The summed E-state index contributed by atoms with van der Waals surface area (Å²) >= 11 is 11.5. The third kappa shape index (κ3) is 50.3. The number of aryl methyl sites for hydroxylation is 5. The maximum absolute atomic E-state index is 10.7. The van der Waals surface area contributed by atoms with Gasteiger partial charge in [0.15, 0.2) is 0 Å². The quantitative estimate of drug-likeness (QED) is 0.0857. The third-order valence-electron chi connectivity index (χ3n) is 20.0. The van der Waals surface area contributed by atoms with E-state index in [4.69, 9.17) is 37.9 Å². The fourth-order valence-corrected chi connectivity index (χ4v) is 11.6. The number of halogens is 2. The Bertz CT molecular complexity index is 5140. The molecule has 134 heavy (non-hydrogen) atoms. The molecule has 26 heteroatoms.